The predicted octanol–water partition coefficient (Wildman–Crippen LogP) is 7.09. The summed E-state index contributed by atoms with van der Waals surface area (Å²) in [6.07, 6.45) is 2.69. The van der Waals surface area contributed by atoms with E-state index in [2.05, 4.69) is 11.5 Å². The number of carboxylic acid groups (broad SMARTS) is 2. The number of hydrogen-bond acceptors (Lipinski definition) is 3. The number of rotatable bonds is 12. The predicted molar refractivity (Wildman–Crippen MR) is 170 cm³/mol. The van der Waals surface area contributed by atoms with Crippen molar-refractivity contribution in [3.63, 3.8) is 0 Å². The fourth-order valence-electron chi connectivity index (χ4n) is 5.57. The number of carboxylic acids is 2. The Kier molecular flexibility index (Phi) is 9.58. The molecule has 8 heteroatoms. The zero-order chi connectivity index (χ0) is 31.2. The largest absolute Gasteiger partial charge is 0.478 e. The number of aromatic nitrogens is 2. The number of unbranched alkanes of at least 4 members (excludes halogenated alkanes) is 1. The molecule has 0 fully saturated rings. The Labute approximate surface area is 261 Å². The highest BCUT2D eigenvalue weighted by atomic mass is 35.5. The molecule has 0 atom stereocenters. The van der Waals surface area contributed by atoms with Gasteiger partial charge in [0.1, 0.15) is 19.7 Å². The summed E-state index contributed by atoms with van der Waals surface area (Å²) in [5.74, 6) is -1.26. The third-order valence-electron chi connectivity index (χ3n) is 7.86. The van der Waals surface area contributed by atoms with Gasteiger partial charge in [-0.05, 0) is 63.5 Å². The van der Waals surface area contributed by atoms with Crippen LogP contribution in [0.1, 0.15) is 63.1 Å². The Morgan fingerprint density at radius 2 is 1.25 bits per heavy atom. The van der Waals surface area contributed by atoms with E-state index in [0.717, 1.165) is 47.2 Å². The number of hydrogen-bond donors (Lipinski definition) is 3. The second kappa shape index (κ2) is 13.7. The van der Waals surface area contributed by atoms with E-state index in [0.29, 0.717) is 35.2 Å². The Bertz CT molecular complexity index is 1790. The van der Waals surface area contributed by atoms with Gasteiger partial charge in [-0.2, -0.15) is 0 Å². The van der Waals surface area contributed by atoms with E-state index in [1.54, 1.807) is 36.4 Å². The Morgan fingerprint density at radius 1 is 0.750 bits per heavy atom. The molecule has 1 heterocycles. The van der Waals surface area contributed by atoms with Crippen molar-refractivity contribution in [3.8, 4) is 22.3 Å². The molecule has 0 aliphatic rings. The molecule has 5 rings (SSSR count). The van der Waals surface area contributed by atoms with Crippen LogP contribution in [-0.2, 0) is 26.1 Å². The van der Waals surface area contributed by atoms with Crippen molar-refractivity contribution in [2.24, 2.45) is 0 Å². The van der Waals surface area contributed by atoms with Gasteiger partial charge < -0.3 is 15.3 Å². The van der Waals surface area contributed by atoms with Crippen molar-refractivity contribution in [3.05, 3.63) is 136 Å². The molecule has 4 aromatic carbocycles. The molecule has 5 aromatic rings. The average molecular weight is 610 g/mol. The number of nitrogens with zero attached hydrogens (tertiary/aromatic N) is 2. The number of imidazole rings is 1. The van der Waals surface area contributed by atoms with E-state index in [1.807, 2.05) is 65.2 Å². The van der Waals surface area contributed by atoms with Crippen molar-refractivity contribution in [2.75, 3.05) is 0 Å². The SMILES string of the molecule is CCCCc1c(Cl)[n+](Cc2ccc(-c3ccccc3C(=O)O)cc2)c(CO)n1Cc1ccc(-c2ccccc2C(=O)O)cc1. The smallest absolute Gasteiger partial charge is 0.336 e. The van der Waals surface area contributed by atoms with Crippen LogP contribution in [0.25, 0.3) is 22.3 Å². The molecule has 0 aliphatic carbocycles. The van der Waals surface area contributed by atoms with Crippen LogP contribution in [0.3, 0.4) is 0 Å². The fraction of sp³-hybridized carbons (Fsp3) is 0.194. The van der Waals surface area contributed by atoms with Crippen LogP contribution in [0.2, 0.25) is 5.15 Å². The van der Waals surface area contributed by atoms with E-state index in [9.17, 15) is 24.9 Å². The van der Waals surface area contributed by atoms with Crippen LogP contribution in [0.15, 0.2) is 97.1 Å². The lowest BCUT2D eigenvalue weighted by Crippen LogP contribution is -2.39. The lowest BCUT2D eigenvalue weighted by Gasteiger charge is -2.09. The van der Waals surface area contributed by atoms with Gasteiger partial charge in [0.25, 0.3) is 5.82 Å². The van der Waals surface area contributed by atoms with Gasteiger partial charge in [-0.3, -0.25) is 0 Å². The van der Waals surface area contributed by atoms with Crippen molar-refractivity contribution in [2.45, 2.75) is 45.9 Å². The summed E-state index contributed by atoms with van der Waals surface area (Å²) in [6, 6.07) is 29.4. The lowest BCUT2D eigenvalue weighted by atomic mass is 9.98. The van der Waals surface area contributed by atoms with Crippen molar-refractivity contribution < 1.29 is 29.5 Å². The maximum absolute atomic E-state index is 11.7. The van der Waals surface area contributed by atoms with Gasteiger partial charge in [-0.1, -0.05) is 98.3 Å². The van der Waals surface area contributed by atoms with Crippen LogP contribution in [0, 0.1) is 0 Å². The van der Waals surface area contributed by atoms with Gasteiger partial charge in [0, 0.05) is 6.42 Å². The highest BCUT2D eigenvalue weighted by Gasteiger charge is 2.29. The Hall–Kier alpha value is -4.72. The standard InChI is InChI=1S/C36H33ClN2O5/c1-2-3-12-32-34(37)39(22-25-15-19-27(20-16-25)29-9-5-7-11-31(29)36(43)44)33(23-40)38(32)21-24-13-17-26(18-14-24)28-8-4-6-10-30(28)35(41)42/h4-11,13-20,40H,2-3,12,21-23H2,1H3,(H-,41,42,43,44)/p+1. The first kappa shape index (κ1) is 30.7. The number of aliphatic hydroxyl groups is 1. The first-order valence-electron chi connectivity index (χ1n) is 14.6. The van der Waals surface area contributed by atoms with E-state index < -0.39 is 11.9 Å². The second-order valence-corrected chi connectivity index (χ2v) is 11.0. The number of carbonyl (C=O) groups is 2. The zero-order valence-electron chi connectivity index (χ0n) is 24.4. The average Bonchev–Trinajstić information content (AvgIpc) is 3.29. The van der Waals surface area contributed by atoms with Gasteiger partial charge in [0.15, 0.2) is 5.69 Å². The molecule has 0 aliphatic heterocycles. The minimum absolute atomic E-state index is 0.208. The summed E-state index contributed by atoms with van der Waals surface area (Å²) < 4.78 is 4.01. The topological polar surface area (TPSA) is 104 Å². The maximum Gasteiger partial charge on any atom is 0.336 e. The molecule has 3 N–H and O–H groups in total. The Morgan fingerprint density at radius 3 is 1.73 bits per heavy atom. The highest BCUT2D eigenvalue weighted by Crippen LogP contribution is 2.27. The molecule has 44 heavy (non-hydrogen) atoms. The summed E-state index contributed by atoms with van der Waals surface area (Å²) in [5.41, 5.74) is 6.34. The quantitative estimate of drug-likeness (QED) is 0.131. The molecular weight excluding hydrogens is 576 g/mol. The normalized spacial score (nSPS) is 11.1. The number of aliphatic hydroxyl groups excluding tert-OH is 1. The molecule has 1 aromatic heterocycles. The van der Waals surface area contributed by atoms with Gasteiger partial charge in [-0.15, -0.1) is 0 Å². The van der Waals surface area contributed by atoms with Gasteiger partial charge in [0.2, 0.25) is 5.15 Å². The molecule has 7 nitrogen and oxygen atoms in total. The molecule has 224 valence electrons. The summed E-state index contributed by atoms with van der Waals surface area (Å²) >= 11 is 7.01. The van der Waals surface area contributed by atoms with Crippen LogP contribution in [0.4, 0.5) is 0 Å². The fourth-order valence-corrected chi connectivity index (χ4v) is 5.92. The first-order valence-corrected chi connectivity index (χ1v) is 14.9. The van der Waals surface area contributed by atoms with Crippen LogP contribution >= 0.6 is 11.6 Å². The van der Waals surface area contributed by atoms with Gasteiger partial charge >= 0.3 is 11.9 Å². The minimum atomic E-state index is -0.972. The lowest BCUT2D eigenvalue weighted by molar-refractivity contribution is -0.695. The van der Waals surface area contributed by atoms with E-state index in [-0.39, 0.29) is 17.7 Å². The third kappa shape index (κ3) is 6.44. The van der Waals surface area contributed by atoms with Crippen LogP contribution < -0.4 is 4.57 Å². The van der Waals surface area contributed by atoms with Crippen molar-refractivity contribution >= 4 is 23.5 Å². The monoisotopic (exact) mass is 609 g/mol. The van der Waals surface area contributed by atoms with Crippen LogP contribution in [-0.4, -0.2) is 31.8 Å². The third-order valence-corrected chi connectivity index (χ3v) is 8.28. The highest BCUT2D eigenvalue weighted by molar-refractivity contribution is 6.29. The summed E-state index contributed by atoms with van der Waals surface area (Å²) in [6.45, 7) is 2.85. The van der Waals surface area contributed by atoms with Crippen LogP contribution in [0.5, 0.6) is 0 Å². The molecule has 0 unspecified atom stereocenters. The maximum atomic E-state index is 11.7. The number of aromatic carboxylic acids is 2. The van der Waals surface area contributed by atoms with Gasteiger partial charge in [-0.25, -0.2) is 18.7 Å². The summed E-state index contributed by atoms with van der Waals surface area (Å²) in [5, 5.41) is 30.3. The molecule has 0 saturated heterocycles. The summed E-state index contributed by atoms with van der Waals surface area (Å²) in [4.78, 5) is 23.4. The van der Waals surface area contributed by atoms with Crippen molar-refractivity contribution in [1.82, 2.24) is 4.57 Å². The second-order valence-electron chi connectivity index (χ2n) is 10.7. The zero-order valence-corrected chi connectivity index (χ0v) is 25.2. The van der Waals surface area contributed by atoms with Crippen molar-refractivity contribution in [1.29, 1.82) is 0 Å². The molecule has 0 radical (unpaired) electrons. The van der Waals surface area contributed by atoms with E-state index in [4.69, 9.17) is 11.6 Å². The van der Waals surface area contributed by atoms with E-state index >= 15 is 0 Å². The number of benzene rings is 4. The molecular formula is C36H34ClN2O5+. The molecule has 0 amide bonds. The molecule has 0 spiro atoms. The first-order chi connectivity index (χ1) is 21.3. The van der Waals surface area contributed by atoms with E-state index in [1.165, 1.54) is 0 Å². The minimum Gasteiger partial charge on any atom is -0.478 e. The molecule has 0 bridgehead atoms. The summed E-state index contributed by atoms with van der Waals surface area (Å²) in [7, 11) is 0. The Balaban J connectivity index is 1.45. The molecule has 0 saturated carbocycles. The number of halogens is 1. The van der Waals surface area contributed by atoms with Gasteiger partial charge in [0.05, 0.1) is 11.1 Å².